The number of imide groups is 1. The summed E-state index contributed by atoms with van der Waals surface area (Å²) in [5.74, 6) is -0.674. The van der Waals surface area contributed by atoms with Crippen molar-refractivity contribution in [2.75, 3.05) is 54.9 Å². The van der Waals surface area contributed by atoms with Crippen LogP contribution in [0, 0.1) is 0 Å². The number of urea groups is 1. The Labute approximate surface area is 232 Å². The van der Waals surface area contributed by atoms with Crippen LogP contribution in [0.5, 0.6) is 0 Å². The van der Waals surface area contributed by atoms with Crippen LogP contribution < -0.4 is 20.9 Å². The lowest BCUT2D eigenvalue weighted by Crippen LogP contribution is -2.74. The van der Waals surface area contributed by atoms with Gasteiger partial charge in [0.1, 0.15) is 18.8 Å². The molecule has 3 N–H and O–H groups in total. The lowest BCUT2D eigenvalue weighted by Gasteiger charge is -2.41. The number of ether oxygens (including phenoxy) is 2. The van der Waals surface area contributed by atoms with Crippen LogP contribution in [0.2, 0.25) is 5.02 Å². The van der Waals surface area contributed by atoms with Crippen LogP contribution in [0.1, 0.15) is 20.8 Å². The van der Waals surface area contributed by atoms with Crippen LogP contribution in [-0.2, 0) is 19.1 Å². The number of piperazine rings is 1. The zero-order valence-electron chi connectivity index (χ0n) is 22.2. The zero-order valence-corrected chi connectivity index (χ0v) is 22.9. The first-order valence-electron chi connectivity index (χ1n) is 12.7. The summed E-state index contributed by atoms with van der Waals surface area (Å²) in [5.41, 5.74) is 0.676. The average Bonchev–Trinajstić information content (AvgIpc) is 2.89. The van der Waals surface area contributed by atoms with Crippen LogP contribution in [0.25, 0.3) is 0 Å². The van der Waals surface area contributed by atoms with Crippen molar-refractivity contribution in [3.8, 4) is 0 Å². The summed E-state index contributed by atoms with van der Waals surface area (Å²) in [6, 6.07) is 11.4. The van der Waals surface area contributed by atoms with Gasteiger partial charge >= 0.3 is 12.1 Å². The molecule has 39 heavy (non-hydrogen) atoms. The Hall–Kier alpha value is -3.51. The van der Waals surface area contributed by atoms with E-state index in [2.05, 4.69) is 16.0 Å². The van der Waals surface area contributed by atoms with Gasteiger partial charge in [0.05, 0.1) is 13.2 Å². The highest BCUT2D eigenvalue weighted by atomic mass is 35.5. The van der Waals surface area contributed by atoms with E-state index < -0.39 is 34.2 Å². The molecule has 2 saturated heterocycles. The Kier molecular flexibility index (Phi) is 8.55. The molecule has 11 nitrogen and oxygen atoms in total. The number of hydrogen-bond donors (Lipinski definition) is 3. The number of hydrogen-bond acceptors (Lipinski definition) is 7. The van der Waals surface area contributed by atoms with E-state index in [4.69, 9.17) is 21.1 Å². The van der Waals surface area contributed by atoms with Gasteiger partial charge in [-0.1, -0.05) is 11.6 Å². The van der Waals surface area contributed by atoms with Gasteiger partial charge in [0.25, 0.3) is 11.8 Å². The number of quaternary nitrogens is 1. The van der Waals surface area contributed by atoms with Crippen molar-refractivity contribution in [3.05, 3.63) is 53.6 Å². The number of carbonyl (C=O) groups excluding carboxylic acids is 4. The standard InChI is InChI=1S/C27H32ClN5O6/c1-27(2,3)39-26(37)33(25(36)31-20-6-4-18(28)5-7-20)14-12-29-16-22(33)24(35)30-19-8-10-21(11-9-19)32-13-15-38-17-23(32)34/h4-11,22,29H,12-17H2,1-3H3,(H-,30,31,35,36)/p+1. The molecule has 2 fully saturated rings. The van der Waals surface area contributed by atoms with E-state index in [-0.39, 0.29) is 25.6 Å². The third-order valence-electron chi connectivity index (χ3n) is 6.42. The molecule has 5 amide bonds. The molecule has 2 aliphatic heterocycles. The van der Waals surface area contributed by atoms with Crippen molar-refractivity contribution in [3.63, 3.8) is 0 Å². The van der Waals surface area contributed by atoms with E-state index in [0.717, 1.165) is 0 Å². The molecule has 4 rings (SSSR count). The second-order valence-electron chi connectivity index (χ2n) is 10.4. The fourth-order valence-corrected chi connectivity index (χ4v) is 4.61. The lowest BCUT2D eigenvalue weighted by atomic mass is 10.1. The summed E-state index contributed by atoms with van der Waals surface area (Å²) in [7, 11) is 0. The number of halogens is 1. The minimum Gasteiger partial charge on any atom is -0.414 e. The predicted molar refractivity (Wildman–Crippen MR) is 147 cm³/mol. The molecule has 0 aromatic heterocycles. The molecule has 2 heterocycles. The maximum Gasteiger partial charge on any atom is 0.526 e. The molecule has 12 heteroatoms. The highest BCUT2D eigenvalue weighted by molar-refractivity contribution is 6.30. The Morgan fingerprint density at radius 2 is 1.69 bits per heavy atom. The summed E-state index contributed by atoms with van der Waals surface area (Å²) >= 11 is 5.97. The quantitative estimate of drug-likeness (QED) is 0.489. The summed E-state index contributed by atoms with van der Waals surface area (Å²) in [4.78, 5) is 54.8. The summed E-state index contributed by atoms with van der Waals surface area (Å²) in [5, 5.41) is 9.20. The van der Waals surface area contributed by atoms with Crippen molar-refractivity contribution in [2.24, 2.45) is 0 Å². The number of anilines is 3. The average molecular weight is 559 g/mol. The third kappa shape index (κ3) is 6.56. The zero-order chi connectivity index (χ0) is 28.2. The number of rotatable bonds is 4. The Bertz CT molecular complexity index is 1230. The SMILES string of the molecule is CC(C)(C)OC(=O)[N+]1(C(=O)Nc2ccc(Cl)cc2)CCNCC1C(=O)Nc1ccc(N2CCOCC2=O)cc1. The number of nitrogens with one attached hydrogen (secondary N) is 3. The van der Waals surface area contributed by atoms with Gasteiger partial charge in [0.15, 0.2) is 6.04 Å². The van der Waals surface area contributed by atoms with Gasteiger partial charge < -0.3 is 25.0 Å². The fraction of sp³-hybridized carbons (Fsp3) is 0.407. The molecular weight excluding hydrogens is 526 g/mol. The topological polar surface area (TPSA) is 126 Å². The Morgan fingerprint density at radius 1 is 1.05 bits per heavy atom. The van der Waals surface area contributed by atoms with Crippen LogP contribution in [0.3, 0.4) is 0 Å². The third-order valence-corrected chi connectivity index (χ3v) is 6.68. The number of carbonyl (C=O) groups is 4. The number of amides is 5. The molecule has 0 spiro atoms. The molecule has 2 aromatic rings. The minimum absolute atomic E-state index is 0.00447. The second kappa shape index (κ2) is 11.7. The van der Waals surface area contributed by atoms with E-state index in [1.807, 2.05) is 0 Å². The summed E-state index contributed by atoms with van der Waals surface area (Å²) < 4.78 is 9.98. The van der Waals surface area contributed by atoms with Crippen molar-refractivity contribution in [1.29, 1.82) is 0 Å². The van der Waals surface area contributed by atoms with Gasteiger partial charge in [-0.15, -0.1) is 4.48 Å². The van der Waals surface area contributed by atoms with Crippen LogP contribution in [0.4, 0.5) is 26.7 Å². The smallest absolute Gasteiger partial charge is 0.414 e. The summed E-state index contributed by atoms with van der Waals surface area (Å²) in [6.45, 7) is 6.42. The van der Waals surface area contributed by atoms with E-state index in [0.29, 0.717) is 41.8 Å². The first-order chi connectivity index (χ1) is 18.5. The maximum atomic E-state index is 13.8. The number of benzene rings is 2. The molecule has 2 atom stereocenters. The van der Waals surface area contributed by atoms with E-state index in [1.165, 1.54) is 0 Å². The molecule has 0 saturated carbocycles. The van der Waals surface area contributed by atoms with Gasteiger partial charge in [-0.3, -0.25) is 14.9 Å². The second-order valence-corrected chi connectivity index (χ2v) is 10.8. The van der Waals surface area contributed by atoms with Gasteiger partial charge in [-0.2, -0.15) is 4.79 Å². The molecule has 2 aliphatic rings. The van der Waals surface area contributed by atoms with Gasteiger partial charge in [0, 0.05) is 35.2 Å². The first-order valence-corrected chi connectivity index (χ1v) is 13.1. The van der Waals surface area contributed by atoms with E-state index >= 15 is 0 Å². The van der Waals surface area contributed by atoms with Crippen LogP contribution >= 0.6 is 11.6 Å². The molecular formula is C27H33ClN5O6+. The normalized spacial score (nSPS) is 21.7. The van der Waals surface area contributed by atoms with Gasteiger partial charge in [0.2, 0.25) is 0 Å². The number of nitrogens with zero attached hydrogens (tertiary/aromatic N) is 2. The Morgan fingerprint density at radius 3 is 2.33 bits per heavy atom. The maximum absolute atomic E-state index is 13.8. The molecule has 2 unspecified atom stereocenters. The minimum atomic E-state index is -1.12. The Balaban J connectivity index is 1.60. The van der Waals surface area contributed by atoms with Crippen molar-refractivity contribution < 1.29 is 33.1 Å². The highest BCUT2D eigenvalue weighted by Gasteiger charge is 2.58. The summed E-state index contributed by atoms with van der Waals surface area (Å²) in [6.07, 6.45) is -0.822. The molecule has 2 aromatic carbocycles. The first kappa shape index (κ1) is 28.5. The van der Waals surface area contributed by atoms with Crippen molar-refractivity contribution in [2.45, 2.75) is 32.4 Å². The van der Waals surface area contributed by atoms with Crippen molar-refractivity contribution in [1.82, 2.24) is 5.32 Å². The molecule has 0 radical (unpaired) electrons. The molecule has 0 aliphatic carbocycles. The monoisotopic (exact) mass is 558 g/mol. The lowest BCUT2D eigenvalue weighted by molar-refractivity contribution is -0.795. The fourth-order valence-electron chi connectivity index (χ4n) is 4.48. The largest absolute Gasteiger partial charge is 0.526 e. The van der Waals surface area contributed by atoms with E-state index in [9.17, 15) is 19.2 Å². The van der Waals surface area contributed by atoms with E-state index in [1.54, 1.807) is 74.2 Å². The van der Waals surface area contributed by atoms with Gasteiger partial charge in [-0.25, -0.2) is 4.79 Å². The molecule has 208 valence electrons. The number of morpholine rings is 1. The molecule has 0 bridgehead atoms. The highest BCUT2D eigenvalue weighted by Crippen LogP contribution is 2.27. The van der Waals surface area contributed by atoms with Gasteiger partial charge in [-0.05, 0) is 69.3 Å². The van der Waals surface area contributed by atoms with Crippen molar-refractivity contribution >= 4 is 52.6 Å². The van der Waals surface area contributed by atoms with Crippen LogP contribution in [0.15, 0.2) is 48.5 Å². The predicted octanol–water partition coefficient (Wildman–Crippen LogP) is 3.60. The van der Waals surface area contributed by atoms with Crippen LogP contribution in [-0.4, -0.2) is 79.5 Å².